The van der Waals surface area contributed by atoms with Crippen molar-refractivity contribution in [2.45, 2.75) is 20.4 Å². The van der Waals surface area contributed by atoms with Crippen LogP contribution in [0.5, 0.6) is 11.5 Å². The number of aryl methyl sites for hydroxylation is 2. The minimum atomic E-state index is -0.215. The van der Waals surface area contributed by atoms with Crippen molar-refractivity contribution in [3.63, 3.8) is 0 Å². The summed E-state index contributed by atoms with van der Waals surface area (Å²) in [5.41, 5.74) is 4.49. The van der Waals surface area contributed by atoms with Crippen LogP contribution in [0.2, 0.25) is 0 Å². The summed E-state index contributed by atoms with van der Waals surface area (Å²) in [4.78, 5) is 24.5. The standard InChI is InChI=1S/C24H23N3O3S/c1-15-11-16(2)21-20(12-15)31-24(26-21)27(14-17-7-6-10-25-13-17)23(28)18-8-5-9-19(29-3)22(18)30-4/h5-13H,14H2,1-4H3. The van der Waals surface area contributed by atoms with E-state index in [0.29, 0.717) is 28.7 Å². The highest BCUT2D eigenvalue weighted by atomic mass is 32.1. The predicted molar refractivity (Wildman–Crippen MR) is 123 cm³/mol. The van der Waals surface area contributed by atoms with Crippen molar-refractivity contribution in [3.05, 3.63) is 77.1 Å². The Hall–Kier alpha value is -3.45. The van der Waals surface area contributed by atoms with Crippen LogP contribution in [-0.4, -0.2) is 30.1 Å². The lowest BCUT2D eigenvalue weighted by atomic mass is 10.1. The topological polar surface area (TPSA) is 64.5 Å². The van der Waals surface area contributed by atoms with Crippen molar-refractivity contribution in [2.75, 3.05) is 19.1 Å². The van der Waals surface area contributed by atoms with E-state index >= 15 is 0 Å². The number of carbonyl (C=O) groups excluding carboxylic acids is 1. The number of hydrogen-bond donors (Lipinski definition) is 0. The second-order valence-corrected chi connectivity index (χ2v) is 8.23. The predicted octanol–water partition coefficient (Wildman–Crippen LogP) is 5.17. The Kier molecular flexibility index (Phi) is 5.86. The monoisotopic (exact) mass is 433 g/mol. The third kappa shape index (κ3) is 4.09. The van der Waals surface area contributed by atoms with Crippen molar-refractivity contribution in [1.29, 1.82) is 0 Å². The molecule has 0 bridgehead atoms. The van der Waals surface area contributed by atoms with Gasteiger partial charge in [0.25, 0.3) is 5.91 Å². The van der Waals surface area contributed by atoms with Gasteiger partial charge in [-0.05, 0) is 54.8 Å². The number of para-hydroxylation sites is 1. The molecule has 0 saturated carbocycles. The van der Waals surface area contributed by atoms with Crippen LogP contribution in [0, 0.1) is 13.8 Å². The molecule has 2 heterocycles. The zero-order chi connectivity index (χ0) is 22.0. The lowest BCUT2D eigenvalue weighted by Gasteiger charge is -2.21. The molecular formula is C24H23N3O3S. The van der Waals surface area contributed by atoms with Crippen molar-refractivity contribution < 1.29 is 14.3 Å². The lowest BCUT2D eigenvalue weighted by Crippen LogP contribution is -2.30. The molecule has 2 aromatic heterocycles. The van der Waals surface area contributed by atoms with E-state index in [2.05, 4.69) is 24.0 Å². The molecule has 6 nitrogen and oxygen atoms in total. The first-order valence-electron chi connectivity index (χ1n) is 9.81. The molecule has 0 aliphatic heterocycles. The molecule has 0 N–H and O–H groups in total. The van der Waals surface area contributed by atoms with Gasteiger partial charge in [-0.1, -0.05) is 29.5 Å². The van der Waals surface area contributed by atoms with Crippen molar-refractivity contribution >= 4 is 32.6 Å². The number of carbonyl (C=O) groups is 1. The number of ether oxygens (including phenoxy) is 2. The molecule has 158 valence electrons. The van der Waals surface area contributed by atoms with Crippen molar-refractivity contribution in [3.8, 4) is 11.5 Å². The number of hydrogen-bond acceptors (Lipinski definition) is 6. The van der Waals surface area contributed by atoms with E-state index in [1.54, 1.807) is 42.6 Å². The number of anilines is 1. The molecule has 0 saturated heterocycles. The number of benzene rings is 2. The fraction of sp³-hybridized carbons (Fsp3) is 0.208. The minimum absolute atomic E-state index is 0.215. The van der Waals surface area contributed by atoms with Gasteiger partial charge in [0.2, 0.25) is 0 Å². The molecule has 0 fully saturated rings. The Labute approximate surface area is 185 Å². The van der Waals surface area contributed by atoms with Crippen LogP contribution in [0.4, 0.5) is 5.13 Å². The minimum Gasteiger partial charge on any atom is -0.493 e. The van der Waals surface area contributed by atoms with Crippen LogP contribution in [0.25, 0.3) is 10.2 Å². The van der Waals surface area contributed by atoms with E-state index in [4.69, 9.17) is 14.5 Å². The first-order valence-corrected chi connectivity index (χ1v) is 10.6. The molecule has 4 rings (SSSR count). The van der Waals surface area contributed by atoms with Gasteiger partial charge in [0.05, 0.1) is 36.5 Å². The van der Waals surface area contributed by atoms with E-state index < -0.39 is 0 Å². The van der Waals surface area contributed by atoms with Gasteiger partial charge in [-0.2, -0.15) is 0 Å². The number of aromatic nitrogens is 2. The summed E-state index contributed by atoms with van der Waals surface area (Å²) >= 11 is 1.50. The summed E-state index contributed by atoms with van der Waals surface area (Å²) in [5, 5.41) is 0.627. The number of thiazole rings is 1. The number of nitrogens with zero attached hydrogens (tertiary/aromatic N) is 3. The van der Waals surface area contributed by atoms with Gasteiger partial charge >= 0.3 is 0 Å². The maximum absolute atomic E-state index is 13.8. The van der Waals surface area contributed by atoms with Crippen LogP contribution in [0.15, 0.2) is 54.9 Å². The van der Waals surface area contributed by atoms with Gasteiger partial charge in [-0.25, -0.2) is 4.98 Å². The number of fused-ring (bicyclic) bond motifs is 1. The summed E-state index contributed by atoms with van der Waals surface area (Å²) in [6, 6.07) is 13.3. The van der Waals surface area contributed by atoms with Gasteiger partial charge in [0.1, 0.15) is 0 Å². The number of rotatable bonds is 6. The molecule has 0 aliphatic carbocycles. The summed E-state index contributed by atoms with van der Waals surface area (Å²) in [6.45, 7) is 4.44. The molecule has 1 amide bonds. The van der Waals surface area contributed by atoms with E-state index in [1.807, 2.05) is 19.1 Å². The van der Waals surface area contributed by atoms with Crippen LogP contribution in [0.1, 0.15) is 27.0 Å². The zero-order valence-electron chi connectivity index (χ0n) is 17.9. The average molecular weight is 434 g/mol. The largest absolute Gasteiger partial charge is 0.493 e. The molecule has 0 spiro atoms. The van der Waals surface area contributed by atoms with E-state index in [0.717, 1.165) is 21.3 Å². The maximum atomic E-state index is 13.8. The van der Waals surface area contributed by atoms with Gasteiger partial charge in [-0.15, -0.1) is 0 Å². The summed E-state index contributed by atoms with van der Waals surface area (Å²) in [7, 11) is 3.09. The molecular weight excluding hydrogens is 410 g/mol. The zero-order valence-corrected chi connectivity index (χ0v) is 18.7. The third-order valence-electron chi connectivity index (χ3n) is 4.99. The van der Waals surface area contributed by atoms with E-state index in [-0.39, 0.29) is 5.91 Å². The fourth-order valence-electron chi connectivity index (χ4n) is 3.58. The summed E-state index contributed by atoms with van der Waals surface area (Å²) in [5.74, 6) is 0.692. The van der Waals surface area contributed by atoms with Gasteiger partial charge < -0.3 is 9.47 Å². The van der Waals surface area contributed by atoms with Gasteiger partial charge in [0, 0.05) is 12.4 Å². The van der Waals surface area contributed by atoms with Crippen LogP contribution in [0.3, 0.4) is 0 Å². The molecule has 0 radical (unpaired) electrons. The molecule has 7 heteroatoms. The van der Waals surface area contributed by atoms with Crippen LogP contribution < -0.4 is 14.4 Å². The Balaban J connectivity index is 1.84. The van der Waals surface area contributed by atoms with Crippen LogP contribution in [-0.2, 0) is 6.54 Å². The molecule has 0 unspecified atom stereocenters. The Bertz CT molecular complexity index is 1240. The molecule has 0 atom stereocenters. The van der Waals surface area contributed by atoms with E-state index in [1.165, 1.54) is 24.0 Å². The second-order valence-electron chi connectivity index (χ2n) is 7.22. The number of amides is 1. The highest BCUT2D eigenvalue weighted by Gasteiger charge is 2.26. The van der Waals surface area contributed by atoms with E-state index in [9.17, 15) is 4.79 Å². The fourth-order valence-corrected chi connectivity index (χ4v) is 4.72. The molecule has 31 heavy (non-hydrogen) atoms. The highest BCUT2D eigenvalue weighted by Crippen LogP contribution is 2.36. The molecule has 0 aliphatic rings. The number of methoxy groups -OCH3 is 2. The lowest BCUT2D eigenvalue weighted by molar-refractivity contribution is 0.0981. The highest BCUT2D eigenvalue weighted by molar-refractivity contribution is 7.22. The SMILES string of the molecule is COc1cccc(C(=O)N(Cc2cccnc2)c2nc3c(C)cc(C)cc3s2)c1OC. The Morgan fingerprint density at radius 2 is 1.94 bits per heavy atom. The normalized spacial score (nSPS) is 10.8. The first kappa shape index (κ1) is 20.8. The first-order chi connectivity index (χ1) is 15.0. The Morgan fingerprint density at radius 3 is 2.65 bits per heavy atom. The molecule has 2 aromatic carbocycles. The molecule has 4 aromatic rings. The number of pyridine rings is 1. The average Bonchev–Trinajstić information content (AvgIpc) is 3.21. The van der Waals surface area contributed by atoms with Crippen LogP contribution >= 0.6 is 11.3 Å². The quantitative estimate of drug-likeness (QED) is 0.420. The summed E-state index contributed by atoms with van der Waals surface area (Å²) in [6.07, 6.45) is 3.47. The van der Waals surface area contributed by atoms with Crippen molar-refractivity contribution in [1.82, 2.24) is 9.97 Å². The second kappa shape index (κ2) is 8.73. The van der Waals surface area contributed by atoms with Gasteiger partial charge in [0.15, 0.2) is 16.6 Å². The van der Waals surface area contributed by atoms with Crippen molar-refractivity contribution in [2.24, 2.45) is 0 Å². The summed E-state index contributed by atoms with van der Waals surface area (Å²) < 4.78 is 12.0. The van der Waals surface area contributed by atoms with Gasteiger partial charge in [-0.3, -0.25) is 14.7 Å². The smallest absolute Gasteiger partial charge is 0.264 e. The third-order valence-corrected chi connectivity index (χ3v) is 6.02. The Morgan fingerprint density at radius 1 is 1.10 bits per heavy atom. The maximum Gasteiger partial charge on any atom is 0.264 e.